The van der Waals surface area contributed by atoms with Gasteiger partial charge in [0, 0.05) is 39.3 Å². The van der Waals surface area contributed by atoms with Gasteiger partial charge < -0.3 is 15.5 Å². The predicted molar refractivity (Wildman–Crippen MR) is 113 cm³/mol. The topological polar surface area (TPSA) is 42.9 Å². The van der Waals surface area contributed by atoms with Crippen LogP contribution in [0.5, 0.6) is 0 Å². The van der Waals surface area contributed by atoms with E-state index in [-0.39, 0.29) is 0 Å². The molecule has 0 unspecified atom stereocenters. The summed E-state index contributed by atoms with van der Waals surface area (Å²) in [5.74, 6) is 0.972. The van der Waals surface area contributed by atoms with Crippen molar-refractivity contribution in [2.45, 2.75) is 64.3 Å². The van der Waals surface area contributed by atoms with E-state index in [1.165, 1.54) is 76.6 Å². The van der Waals surface area contributed by atoms with Crippen LogP contribution in [0.15, 0.2) is 17.1 Å². The van der Waals surface area contributed by atoms with Crippen LogP contribution >= 0.6 is 0 Å². The summed E-state index contributed by atoms with van der Waals surface area (Å²) in [5, 5.41) is 7.10. The van der Waals surface area contributed by atoms with E-state index in [0.717, 1.165) is 32.1 Å². The number of nitrogens with one attached hydrogen (secondary N) is 2. The second kappa shape index (κ2) is 12.3. The van der Waals surface area contributed by atoms with Gasteiger partial charge in [0.15, 0.2) is 5.96 Å². The van der Waals surface area contributed by atoms with E-state index in [9.17, 15) is 0 Å². The summed E-state index contributed by atoms with van der Waals surface area (Å²) in [5.41, 5.74) is 1.26. The Balaban J connectivity index is 1.50. The van der Waals surface area contributed by atoms with Crippen molar-refractivity contribution >= 4 is 5.96 Å². The molecule has 2 aliphatic heterocycles. The minimum atomic E-state index is 0.543. The zero-order valence-electron chi connectivity index (χ0n) is 17.2. The summed E-state index contributed by atoms with van der Waals surface area (Å²) in [4.78, 5) is 9.53. The fraction of sp³-hybridized carbons (Fsp3) is 0.857. The Morgan fingerprint density at radius 3 is 2.38 bits per heavy atom. The molecule has 2 heterocycles. The zero-order valence-corrected chi connectivity index (χ0v) is 17.2. The van der Waals surface area contributed by atoms with Gasteiger partial charge in [-0.15, -0.1) is 0 Å². The molecule has 0 spiro atoms. The third-order valence-electron chi connectivity index (χ3n) is 5.54. The molecule has 2 N–H and O–H groups in total. The first-order valence-corrected chi connectivity index (χ1v) is 10.7. The molecule has 0 bridgehead atoms. The average molecular weight is 364 g/mol. The number of nitrogens with zero attached hydrogens (tertiary/aromatic N) is 3. The number of hydrogen-bond acceptors (Lipinski definition) is 3. The van der Waals surface area contributed by atoms with Gasteiger partial charge in [0.05, 0.1) is 0 Å². The van der Waals surface area contributed by atoms with Crippen molar-refractivity contribution in [3.63, 3.8) is 0 Å². The molecule has 5 nitrogen and oxygen atoms in total. The SMILES string of the molecule is C=C(C)CN1CCC(NC(=NC)NCCCCCN2CCCCC2)CC1. The largest absolute Gasteiger partial charge is 0.356 e. The quantitative estimate of drug-likeness (QED) is 0.286. The van der Waals surface area contributed by atoms with Crippen LogP contribution in [0.1, 0.15) is 58.3 Å². The minimum absolute atomic E-state index is 0.543. The van der Waals surface area contributed by atoms with Crippen LogP contribution in [0.2, 0.25) is 0 Å². The molecule has 2 fully saturated rings. The minimum Gasteiger partial charge on any atom is -0.356 e. The summed E-state index contributed by atoms with van der Waals surface area (Å²) in [6.45, 7) is 14.4. The Hall–Kier alpha value is -1.07. The molecular formula is C21H41N5. The molecule has 0 aromatic carbocycles. The van der Waals surface area contributed by atoms with Crippen LogP contribution in [0.25, 0.3) is 0 Å². The molecule has 26 heavy (non-hydrogen) atoms. The molecule has 0 saturated carbocycles. The van der Waals surface area contributed by atoms with Crippen molar-refractivity contribution in [2.24, 2.45) is 4.99 Å². The molecule has 2 saturated heterocycles. The van der Waals surface area contributed by atoms with Gasteiger partial charge in [0.2, 0.25) is 0 Å². The molecule has 0 atom stereocenters. The molecule has 0 aliphatic carbocycles. The molecule has 0 aromatic rings. The van der Waals surface area contributed by atoms with Crippen LogP contribution in [0.3, 0.4) is 0 Å². The molecule has 0 aromatic heterocycles. The number of unbranched alkanes of at least 4 members (excludes halogenated alkanes) is 2. The van der Waals surface area contributed by atoms with E-state index in [2.05, 4.69) is 38.9 Å². The van der Waals surface area contributed by atoms with Gasteiger partial charge in [-0.25, -0.2) is 0 Å². The van der Waals surface area contributed by atoms with E-state index in [1.54, 1.807) is 0 Å². The first-order valence-electron chi connectivity index (χ1n) is 10.7. The number of guanidine groups is 1. The second-order valence-electron chi connectivity index (χ2n) is 8.11. The van der Waals surface area contributed by atoms with Gasteiger partial charge in [0.1, 0.15) is 0 Å². The van der Waals surface area contributed by atoms with Crippen LogP contribution in [-0.4, -0.2) is 74.7 Å². The van der Waals surface area contributed by atoms with Gasteiger partial charge in [-0.3, -0.25) is 9.89 Å². The molecular weight excluding hydrogens is 322 g/mol. The van der Waals surface area contributed by atoms with E-state index in [0.29, 0.717) is 6.04 Å². The summed E-state index contributed by atoms with van der Waals surface area (Å²) in [6.07, 6.45) is 10.5. The third-order valence-corrected chi connectivity index (χ3v) is 5.54. The Bertz CT molecular complexity index is 420. The van der Waals surface area contributed by atoms with Crippen LogP contribution in [-0.2, 0) is 0 Å². The Labute approximate surface area is 161 Å². The van der Waals surface area contributed by atoms with Gasteiger partial charge in [-0.1, -0.05) is 25.0 Å². The van der Waals surface area contributed by atoms with Gasteiger partial charge in [-0.2, -0.15) is 0 Å². The summed E-state index contributed by atoms with van der Waals surface area (Å²) in [7, 11) is 1.88. The number of piperidine rings is 2. The monoisotopic (exact) mass is 363 g/mol. The lowest BCUT2D eigenvalue weighted by Gasteiger charge is -2.33. The Morgan fingerprint density at radius 2 is 1.73 bits per heavy atom. The number of aliphatic imine (C=N–C) groups is 1. The molecule has 0 amide bonds. The highest BCUT2D eigenvalue weighted by atomic mass is 15.2. The van der Waals surface area contributed by atoms with Gasteiger partial charge in [-0.05, 0) is 65.1 Å². The molecule has 0 radical (unpaired) electrons. The third kappa shape index (κ3) is 8.54. The van der Waals surface area contributed by atoms with Crippen LogP contribution in [0.4, 0.5) is 0 Å². The van der Waals surface area contributed by atoms with Crippen LogP contribution in [0, 0.1) is 0 Å². The van der Waals surface area contributed by atoms with E-state index < -0.39 is 0 Å². The highest BCUT2D eigenvalue weighted by Crippen LogP contribution is 2.12. The zero-order chi connectivity index (χ0) is 18.6. The normalized spacial score (nSPS) is 20.9. The Morgan fingerprint density at radius 1 is 1.00 bits per heavy atom. The maximum atomic E-state index is 4.40. The number of rotatable bonds is 9. The fourth-order valence-electron chi connectivity index (χ4n) is 4.03. The molecule has 5 heteroatoms. The summed E-state index contributed by atoms with van der Waals surface area (Å²) < 4.78 is 0. The molecule has 2 rings (SSSR count). The van der Waals surface area contributed by atoms with Crippen molar-refractivity contribution in [1.82, 2.24) is 20.4 Å². The highest BCUT2D eigenvalue weighted by Gasteiger charge is 2.19. The van der Waals surface area contributed by atoms with E-state index in [4.69, 9.17) is 0 Å². The van der Waals surface area contributed by atoms with Crippen molar-refractivity contribution in [2.75, 3.05) is 52.9 Å². The van der Waals surface area contributed by atoms with Crippen molar-refractivity contribution in [1.29, 1.82) is 0 Å². The maximum absolute atomic E-state index is 4.40. The molecule has 2 aliphatic rings. The standard InChI is InChI=1S/C21H41N5/c1-19(2)18-26-16-10-20(11-17-26)24-21(22-3)23-12-6-4-7-13-25-14-8-5-9-15-25/h20H,1,4-18H2,2-3H3,(H2,22,23,24). The van der Waals surface area contributed by atoms with Gasteiger partial charge >= 0.3 is 0 Å². The van der Waals surface area contributed by atoms with Crippen molar-refractivity contribution < 1.29 is 0 Å². The van der Waals surface area contributed by atoms with E-state index in [1.807, 2.05) is 7.05 Å². The van der Waals surface area contributed by atoms with Gasteiger partial charge in [0.25, 0.3) is 0 Å². The second-order valence-corrected chi connectivity index (χ2v) is 8.11. The average Bonchev–Trinajstić information content (AvgIpc) is 2.65. The maximum Gasteiger partial charge on any atom is 0.191 e. The van der Waals surface area contributed by atoms with Crippen molar-refractivity contribution in [3.8, 4) is 0 Å². The lowest BCUT2D eigenvalue weighted by molar-refractivity contribution is 0.221. The predicted octanol–water partition coefficient (Wildman–Crippen LogP) is 2.85. The lowest BCUT2D eigenvalue weighted by atomic mass is 10.0. The molecule has 150 valence electrons. The lowest BCUT2D eigenvalue weighted by Crippen LogP contribution is -2.49. The van der Waals surface area contributed by atoms with Crippen LogP contribution < -0.4 is 10.6 Å². The highest BCUT2D eigenvalue weighted by molar-refractivity contribution is 5.79. The number of hydrogen-bond donors (Lipinski definition) is 2. The van der Waals surface area contributed by atoms with E-state index >= 15 is 0 Å². The first-order chi connectivity index (χ1) is 12.7. The fourth-order valence-corrected chi connectivity index (χ4v) is 4.03. The Kier molecular flexibility index (Phi) is 10.1. The van der Waals surface area contributed by atoms with Crippen molar-refractivity contribution in [3.05, 3.63) is 12.2 Å². The number of likely N-dealkylation sites (tertiary alicyclic amines) is 2. The first kappa shape index (κ1) is 21.2. The summed E-state index contributed by atoms with van der Waals surface area (Å²) in [6, 6.07) is 0.543. The summed E-state index contributed by atoms with van der Waals surface area (Å²) >= 11 is 0. The smallest absolute Gasteiger partial charge is 0.191 e.